The minimum absolute atomic E-state index is 0.0392. The van der Waals surface area contributed by atoms with Crippen LogP contribution >= 0.6 is 0 Å². The highest BCUT2D eigenvalue weighted by Gasteiger charge is 2.20. The first-order valence-corrected chi connectivity index (χ1v) is 8.99. The summed E-state index contributed by atoms with van der Waals surface area (Å²) in [6.07, 6.45) is 3.21. The van der Waals surface area contributed by atoms with Crippen molar-refractivity contribution >= 4 is 17.5 Å². The average molecular weight is 357 g/mol. The van der Waals surface area contributed by atoms with Crippen LogP contribution in [0.15, 0.2) is 36.7 Å². The lowest BCUT2D eigenvalue weighted by atomic mass is 10.2. The zero-order valence-electron chi connectivity index (χ0n) is 15.2. The molecule has 0 aliphatic carbocycles. The maximum Gasteiger partial charge on any atom is 0.256 e. The van der Waals surface area contributed by atoms with Gasteiger partial charge in [-0.1, -0.05) is 0 Å². The molecule has 6 nitrogen and oxygen atoms in total. The normalized spacial score (nSPS) is 14.4. The molecular formula is C19H24FN5O. The van der Waals surface area contributed by atoms with Crippen molar-refractivity contribution in [1.29, 1.82) is 0 Å². The summed E-state index contributed by atoms with van der Waals surface area (Å²) < 4.78 is 13.1. The van der Waals surface area contributed by atoms with Crippen LogP contribution in [0.25, 0.3) is 0 Å². The fourth-order valence-corrected chi connectivity index (χ4v) is 3.10. The zero-order valence-corrected chi connectivity index (χ0v) is 15.2. The van der Waals surface area contributed by atoms with Crippen LogP contribution in [0.1, 0.15) is 24.2 Å². The van der Waals surface area contributed by atoms with E-state index in [1.165, 1.54) is 12.1 Å². The van der Waals surface area contributed by atoms with Crippen molar-refractivity contribution in [2.75, 3.05) is 49.1 Å². The first-order chi connectivity index (χ1) is 12.6. The molecule has 138 valence electrons. The van der Waals surface area contributed by atoms with E-state index in [0.29, 0.717) is 24.6 Å². The molecule has 1 aromatic heterocycles. The number of hydrogen-bond donors (Lipinski definition) is 0. The van der Waals surface area contributed by atoms with E-state index in [2.05, 4.69) is 19.8 Å². The molecule has 2 aromatic rings. The van der Waals surface area contributed by atoms with E-state index in [9.17, 15) is 9.18 Å². The number of amides is 1. The maximum atomic E-state index is 13.1. The number of nitrogens with zero attached hydrogens (tertiary/aromatic N) is 5. The summed E-state index contributed by atoms with van der Waals surface area (Å²) in [5.41, 5.74) is 1.54. The SMILES string of the molecule is CCN(CC)C(=O)c1cnc(N2CCN(c3ccc(F)cc3)CC2)nc1. The van der Waals surface area contributed by atoms with Gasteiger partial charge in [-0.05, 0) is 38.1 Å². The standard InChI is InChI=1S/C19H24FN5O/c1-3-23(4-2)18(26)15-13-21-19(22-14-15)25-11-9-24(10-12-25)17-7-5-16(20)6-8-17/h5-8,13-14H,3-4,9-12H2,1-2H3. The Labute approximate surface area is 153 Å². The van der Waals surface area contributed by atoms with Gasteiger partial charge < -0.3 is 14.7 Å². The molecule has 0 atom stereocenters. The predicted octanol–water partition coefficient (Wildman–Crippen LogP) is 2.42. The first-order valence-electron chi connectivity index (χ1n) is 8.99. The quantitative estimate of drug-likeness (QED) is 0.823. The topological polar surface area (TPSA) is 52.6 Å². The Morgan fingerprint density at radius 3 is 2.08 bits per heavy atom. The Morgan fingerprint density at radius 2 is 1.54 bits per heavy atom. The number of rotatable bonds is 5. The van der Waals surface area contributed by atoms with Crippen molar-refractivity contribution in [2.24, 2.45) is 0 Å². The lowest BCUT2D eigenvalue weighted by Gasteiger charge is -2.36. The van der Waals surface area contributed by atoms with Crippen LogP contribution in [0, 0.1) is 5.82 Å². The largest absolute Gasteiger partial charge is 0.368 e. The Morgan fingerprint density at radius 1 is 1.00 bits per heavy atom. The van der Waals surface area contributed by atoms with E-state index >= 15 is 0 Å². The maximum absolute atomic E-state index is 13.1. The summed E-state index contributed by atoms with van der Waals surface area (Å²) in [7, 11) is 0. The van der Waals surface area contributed by atoms with E-state index in [1.54, 1.807) is 29.4 Å². The van der Waals surface area contributed by atoms with Crippen LogP contribution in [0.5, 0.6) is 0 Å². The molecule has 1 saturated heterocycles. The van der Waals surface area contributed by atoms with Gasteiger partial charge in [0, 0.05) is 57.3 Å². The van der Waals surface area contributed by atoms with Gasteiger partial charge in [0.05, 0.1) is 5.56 Å². The third kappa shape index (κ3) is 3.92. The zero-order chi connectivity index (χ0) is 18.5. The molecule has 0 spiro atoms. The highest BCUT2D eigenvalue weighted by Crippen LogP contribution is 2.19. The third-order valence-electron chi connectivity index (χ3n) is 4.69. The van der Waals surface area contributed by atoms with Crippen molar-refractivity contribution in [3.8, 4) is 0 Å². The van der Waals surface area contributed by atoms with Crippen molar-refractivity contribution in [2.45, 2.75) is 13.8 Å². The fourth-order valence-electron chi connectivity index (χ4n) is 3.10. The van der Waals surface area contributed by atoms with Gasteiger partial charge in [-0.25, -0.2) is 14.4 Å². The van der Waals surface area contributed by atoms with Crippen LogP contribution in [0.2, 0.25) is 0 Å². The van der Waals surface area contributed by atoms with Crippen LogP contribution in [-0.2, 0) is 0 Å². The molecule has 1 aliphatic rings. The highest BCUT2D eigenvalue weighted by molar-refractivity contribution is 5.93. The second-order valence-corrected chi connectivity index (χ2v) is 6.20. The second kappa shape index (κ2) is 8.12. The van der Waals surface area contributed by atoms with Gasteiger partial charge in [-0.15, -0.1) is 0 Å². The van der Waals surface area contributed by atoms with E-state index in [0.717, 1.165) is 31.9 Å². The lowest BCUT2D eigenvalue weighted by Crippen LogP contribution is -2.47. The monoisotopic (exact) mass is 357 g/mol. The van der Waals surface area contributed by atoms with Gasteiger partial charge >= 0.3 is 0 Å². The van der Waals surface area contributed by atoms with E-state index in [-0.39, 0.29) is 11.7 Å². The first kappa shape index (κ1) is 18.1. The molecule has 0 saturated carbocycles. The molecule has 7 heteroatoms. The molecule has 1 amide bonds. The molecule has 3 rings (SSSR count). The Bertz CT molecular complexity index is 723. The molecular weight excluding hydrogens is 333 g/mol. The summed E-state index contributed by atoms with van der Waals surface area (Å²) in [6, 6.07) is 6.57. The van der Waals surface area contributed by atoms with Gasteiger partial charge in [-0.2, -0.15) is 0 Å². The lowest BCUT2D eigenvalue weighted by molar-refractivity contribution is 0.0772. The molecule has 2 heterocycles. The van der Waals surface area contributed by atoms with E-state index < -0.39 is 0 Å². The second-order valence-electron chi connectivity index (χ2n) is 6.20. The molecule has 0 N–H and O–H groups in total. The molecule has 0 radical (unpaired) electrons. The van der Waals surface area contributed by atoms with Crippen LogP contribution in [0.3, 0.4) is 0 Å². The Kier molecular flexibility index (Phi) is 5.65. The van der Waals surface area contributed by atoms with Gasteiger partial charge in [0.1, 0.15) is 5.82 Å². The van der Waals surface area contributed by atoms with Crippen molar-refractivity contribution in [3.63, 3.8) is 0 Å². The molecule has 0 bridgehead atoms. The fraction of sp³-hybridized carbons (Fsp3) is 0.421. The van der Waals surface area contributed by atoms with Gasteiger partial charge in [0.15, 0.2) is 0 Å². The van der Waals surface area contributed by atoms with Crippen molar-refractivity contribution < 1.29 is 9.18 Å². The summed E-state index contributed by atoms with van der Waals surface area (Å²) in [5.74, 6) is 0.377. The number of aromatic nitrogens is 2. The van der Waals surface area contributed by atoms with Crippen LogP contribution in [0.4, 0.5) is 16.0 Å². The van der Waals surface area contributed by atoms with Gasteiger partial charge in [0.2, 0.25) is 5.95 Å². The Balaban J connectivity index is 1.61. The Hall–Kier alpha value is -2.70. The summed E-state index contributed by atoms with van der Waals surface area (Å²) in [4.78, 5) is 27.2. The summed E-state index contributed by atoms with van der Waals surface area (Å²) >= 11 is 0. The number of benzene rings is 1. The van der Waals surface area contributed by atoms with Crippen molar-refractivity contribution in [1.82, 2.24) is 14.9 Å². The number of hydrogen-bond acceptors (Lipinski definition) is 5. The minimum atomic E-state index is -0.222. The number of halogens is 1. The number of piperazine rings is 1. The average Bonchev–Trinajstić information content (AvgIpc) is 2.70. The van der Waals surface area contributed by atoms with Crippen LogP contribution in [-0.4, -0.2) is 60.0 Å². The van der Waals surface area contributed by atoms with Gasteiger partial charge in [-0.3, -0.25) is 4.79 Å². The van der Waals surface area contributed by atoms with Crippen molar-refractivity contribution in [3.05, 3.63) is 48.0 Å². The van der Waals surface area contributed by atoms with Gasteiger partial charge in [0.25, 0.3) is 5.91 Å². The molecule has 1 fully saturated rings. The van der Waals surface area contributed by atoms with E-state index in [1.807, 2.05) is 13.8 Å². The number of carbonyl (C=O) groups excluding carboxylic acids is 1. The molecule has 0 unspecified atom stereocenters. The molecule has 26 heavy (non-hydrogen) atoms. The predicted molar refractivity (Wildman–Crippen MR) is 100 cm³/mol. The van der Waals surface area contributed by atoms with E-state index in [4.69, 9.17) is 0 Å². The van der Waals surface area contributed by atoms with Crippen LogP contribution < -0.4 is 9.80 Å². The number of anilines is 2. The highest BCUT2D eigenvalue weighted by atomic mass is 19.1. The summed E-state index contributed by atoms with van der Waals surface area (Å²) in [5, 5.41) is 0. The smallest absolute Gasteiger partial charge is 0.256 e. The molecule has 1 aromatic carbocycles. The third-order valence-corrected chi connectivity index (χ3v) is 4.69. The molecule has 1 aliphatic heterocycles. The minimum Gasteiger partial charge on any atom is -0.368 e. The summed E-state index contributed by atoms with van der Waals surface area (Å²) in [6.45, 7) is 8.44. The number of carbonyl (C=O) groups is 1.